The van der Waals surface area contributed by atoms with Crippen LogP contribution in [0.25, 0.3) is 0 Å². The summed E-state index contributed by atoms with van der Waals surface area (Å²) in [5, 5.41) is 14.1. The second kappa shape index (κ2) is 14.6. The summed E-state index contributed by atoms with van der Waals surface area (Å²) < 4.78 is 6.67. The van der Waals surface area contributed by atoms with E-state index in [2.05, 4.69) is 43.1 Å². The van der Waals surface area contributed by atoms with Crippen LogP contribution in [0, 0.1) is 0 Å². The number of aromatic hydroxyl groups is 1. The maximum absolute atomic E-state index is 15.4. The van der Waals surface area contributed by atoms with E-state index in [1.54, 1.807) is 41.1 Å². The summed E-state index contributed by atoms with van der Waals surface area (Å²) in [6.45, 7) is -1.47. The van der Waals surface area contributed by atoms with Gasteiger partial charge in [0.2, 0.25) is 0 Å². The number of amides is 1. The van der Waals surface area contributed by atoms with E-state index in [9.17, 15) is 9.90 Å². The third-order valence-electron chi connectivity index (χ3n) is 10.7. The maximum atomic E-state index is 15.4. The Bertz CT molecular complexity index is 2220. The number of rotatable bonds is 10. The van der Waals surface area contributed by atoms with Crippen LogP contribution in [0.15, 0.2) is 192 Å². The molecular weight excluding hydrogens is 708 g/mol. The van der Waals surface area contributed by atoms with Crippen LogP contribution >= 0.6 is 18.4 Å². The van der Waals surface area contributed by atoms with Gasteiger partial charge in [-0.2, -0.15) is 0 Å². The zero-order chi connectivity index (χ0) is 37.1. The van der Waals surface area contributed by atoms with Crippen molar-refractivity contribution in [3.63, 3.8) is 0 Å². The number of phenols is 1. The summed E-state index contributed by atoms with van der Waals surface area (Å²) in [6, 6.07) is 56.8. The fraction of sp³-hybridized carbons (Fsp3) is 0.109. The third kappa shape index (κ3) is 5.85. The van der Waals surface area contributed by atoms with Crippen molar-refractivity contribution < 1.29 is 19.4 Å². The third-order valence-corrected chi connectivity index (χ3v) is 18.7. The first-order valence-electron chi connectivity index (χ1n) is 17.9. The minimum absolute atomic E-state index is 0.0809. The number of hydrogen-bond acceptors (Lipinski definition) is 6. The van der Waals surface area contributed by atoms with Crippen LogP contribution in [0.2, 0.25) is 0 Å². The number of fused-ring (bicyclic) bond motifs is 1. The van der Waals surface area contributed by atoms with E-state index in [1.165, 1.54) is 0 Å². The van der Waals surface area contributed by atoms with Gasteiger partial charge in [0.1, 0.15) is 0 Å². The van der Waals surface area contributed by atoms with Gasteiger partial charge in [-0.15, -0.1) is 0 Å². The van der Waals surface area contributed by atoms with Crippen LogP contribution in [0.1, 0.15) is 22.8 Å². The van der Waals surface area contributed by atoms with Crippen LogP contribution in [-0.4, -0.2) is 51.9 Å². The molecule has 2 aliphatic heterocycles. The SMILES string of the molecule is CP(C1=C(C(=O)OC(c2ccccc2)c2ccccc2)N2C(=O)[C@@H](N=Cc3ccccc3O)[C@H]2SC1)(c1ccccc1)(c1ccccc1)c1ccccc1. The Morgan fingerprint density at radius 2 is 1.17 bits per heavy atom. The summed E-state index contributed by atoms with van der Waals surface area (Å²) in [4.78, 5) is 36.2. The molecule has 1 N–H and O–H groups in total. The van der Waals surface area contributed by atoms with Gasteiger partial charge in [0, 0.05) is 0 Å². The molecule has 0 bridgehead atoms. The minimum atomic E-state index is -3.78. The van der Waals surface area contributed by atoms with Crippen molar-refractivity contribution in [1.29, 1.82) is 0 Å². The number of nitrogens with zero attached hydrogens (tertiary/aromatic N) is 2. The molecule has 6 aromatic rings. The van der Waals surface area contributed by atoms with Crippen molar-refractivity contribution in [2.24, 2.45) is 4.99 Å². The van der Waals surface area contributed by atoms with Gasteiger partial charge in [0.15, 0.2) is 0 Å². The number of thioether (sulfide) groups is 1. The Labute approximate surface area is 319 Å². The summed E-state index contributed by atoms with van der Waals surface area (Å²) in [7, 11) is 0. The second-order valence-electron chi connectivity index (χ2n) is 13.7. The molecule has 2 heterocycles. The molecule has 0 radical (unpaired) electrons. The summed E-state index contributed by atoms with van der Waals surface area (Å²) in [5.41, 5.74) is 2.43. The monoisotopic (exact) mass is 746 g/mol. The van der Waals surface area contributed by atoms with Crippen molar-refractivity contribution in [1.82, 2.24) is 4.90 Å². The molecule has 8 rings (SSSR count). The number of aliphatic imine (C=N–C) groups is 1. The fourth-order valence-electron chi connectivity index (χ4n) is 7.82. The Balaban J connectivity index is 1.37. The second-order valence-corrected chi connectivity index (χ2v) is 20.0. The van der Waals surface area contributed by atoms with Crippen LogP contribution < -0.4 is 15.9 Å². The first-order valence-corrected chi connectivity index (χ1v) is 21.6. The average molecular weight is 747 g/mol. The van der Waals surface area contributed by atoms with E-state index in [0.717, 1.165) is 32.4 Å². The number of β-lactam (4-membered cyclic amide) rings is 1. The number of ether oxygens (including phenoxy) is 1. The Morgan fingerprint density at radius 1 is 0.722 bits per heavy atom. The molecule has 1 fully saturated rings. The summed E-state index contributed by atoms with van der Waals surface area (Å²) in [6.07, 6.45) is 0.826. The Hall–Kier alpha value is -5.75. The van der Waals surface area contributed by atoms with Gasteiger partial charge in [-0.3, -0.25) is 0 Å². The fourth-order valence-corrected chi connectivity index (χ4v) is 15.8. The quantitative estimate of drug-likeness (QED) is 0.0671. The van der Waals surface area contributed by atoms with Crippen molar-refractivity contribution in [2.45, 2.75) is 17.5 Å². The van der Waals surface area contributed by atoms with Crippen molar-refractivity contribution in [2.75, 3.05) is 12.4 Å². The molecular formula is C46H39N2O4PS. The van der Waals surface area contributed by atoms with Crippen molar-refractivity contribution in [3.05, 3.63) is 204 Å². The van der Waals surface area contributed by atoms with Crippen LogP contribution in [0.4, 0.5) is 0 Å². The standard InChI is InChI=1S/C46H39N2O4PS/c1-53(36-24-11-4-12-25-36,37-26-13-5-14-27-37,38-28-15-6-16-29-38)40-32-54-45-41(47-31-35-23-17-18-30-39(35)49)44(50)48(45)42(40)46(51)52-43(33-19-7-2-8-20-33)34-21-9-3-10-22-34/h2-31,41,43,45,49H,32H2,1H3/t41-,45-/m1/s1. The van der Waals surface area contributed by atoms with Crippen molar-refractivity contribution in [3.8, 4) is 5.75 Å². The normalized spacial score (nSPS) is 17.8. The molecule has 0 unspecified atom stereocenters. The number of phenolic OH excluding ortho intramolecular Hbond substituents is 1. The first-order chi connectivity index (χ1) is 26.4. The van der Waals surface area contributed by atoms with Crippen LogP contribution in [0.5, 0.6) is 5.75 Å². The molecule has 1 amide bonds. The van der Waals surface area contributed by atoms with E-state index >= 15 is 4.79 Å². The van der Waals surface area contributed by atoms with E-state index in [4.69, 9.17) is 9.73 Å². The molecule has 2 aliphatic rings. The molecule has 268 valence electrons. The van der Waals surface area contributed by atoms with E-state index < -0.39 is 30.1 Å². The number of hydrogen-bond donors (Lipinski definition) is 1. The number of para-hydroxylation sites is 1. The molecule has 0 spiro atoms. The zero-order valence-electron chi connectivity index (χ0n) is 29.7. The molecule has 2 atom stereocenters. The van der Waals surface area contributed by atoms with Gasteiger partial charge < -0.3 is 0 Å². The molecule has 6 nitrogen and oxygen atoms in total. The van der Waals surface area contributed by atoms with Gasteiger partial charge in [-0.25, -0.2) is 0 Å². The van der Waals surface area contributed by atoms with Crippen LogP contribution in [-0.2, 0) is 14.3 Å². The summed E-state index contributed by atoms with van der Waals surface area (Å²) >= 11 is 1.61. The Kier molecular flexibility index (Phi) is 9.53. The van der Waals surface area contributed by atoms with E-state index in [0.29, 0.717) is 11.3 Å². The number of carbonyl (C=O) groups is 2. The molecule has 1 saturated heterocycles. The molecule has 54 heavy (non-hydrogen) atoms. The van der Waals surface area contributed by atoms with Crippen molar-refractivity contribution >= 4 is 52.4 Å². The van der Waals surface area contributed by atoms with Crippen LogP contribution in [0.3, 0.4) is 0 Å². The molecule has 0 saturated carbocycles. The zero-order valence-corrected chi connectivity index (χ0v) is 31.4. The van der Waals surface area contributed by atoms with Gasteiger partial charge >= 0.3 is 321 Å². The predicted molar refractivity (Wildman–Crippen MR) is 221 cm³/mol. The summed E-state index contributed by atoms with van der Waals surface area (Å²) in [5.74, 6) is -0.324. The van der Waals surface area contributed by atoms with Gasteiger partial charge in [0.25, 0.3) is 0 Å². The average Bonchev–Trinajstić information content (AvgIpc) is 3.24. The van der Waals surface area contributed by atoms with Gasteiger partial charge in [-0.05, 0) is 0 Å². The van der Waals surface area contributed by atoms with Gasteiger partial charge in [0.05, 0.1) is 0 Å². The van der Waals surface area contributed by atoms with E-state index in [-0.39, 0.29) is 17.4 Å². The molecule has 8 heteroatoms. The number of benzene rings is 6. The number of esters is 1. The predicted octanol–water partition coefficient (Wildman–Crippen LogP) is 7.80. The van der Waals surface area contributed by atoms with E-state index in [1.807, 2.05) is 121 Å². The topological polar surface area (TPSA) is 79.2 Å². The molecule has 0 aliphatic carbocycles. The molecule has 0 aromatic heterocycles. The Morgan fingerprint density at radius 3 is 1.65 bits per heavy atom. The first kappa shape index (κ1) is 35.3. The van der Waals surface area contributed by atoms with Gasteiger partial charge in [-0.1, -0.05) is 0 Å². The molecule has 6 aromatic carbocycles. The number of carbonyl (C=O) groups excluding carboxylic acids is 2.